The van der Waals surface area contributed by atoms with Gasteiger partial charge in [-0.3, -0.25) is 9.69 Å². The Balaban J connectivity index is 2.17. The minimum absolute atomic E-state index is 0.0898. The fraction of sp³-hybridized carbons (Fsp3) is 0.833. The van der Waals surface area contributed by atoms with Crippen molar-refractivity contribution in [3.05, 3.63) is 0 Å². The Morgan fingerprint density at radius 1 is 1.53 bits per heavy atom. The van der Waals surface area contributed by atoms with Crippen molar-refractivity contribution in [2.45, 2.75) is 31.7 Å². The van der Waals surface area contributed by atoms with Crippen molar-refractivity contribution in [3.63, 3.8) is 0 Å². The van der Waals surface area contributed by atoms with E-state index in [9.17, 15) is 4.79 Å². The van der Waals surface area contributed by atoms with E-state index >= 15 is 0 Å². The van der Waals surface area contributed by atoms with Crippen LogP contribution in [0.15, 0.2) is 5.16 Å². The molecule has 1 saturated heterocycles. The van der Waals surface area contributed by atoms with Gasteiger partial charge in [0, 0.05) is 39.3 Å². The molecule has 7 heteroatoms. The average Bonchev–Trinajstić information content (AvgIpc) is 2.41. The second kappa shape index (κ2) is 8.71. The van der Waals surface area contributed by atoms with E-state index in [0.29, 0.717) is 19.6 Å². The predicted octanol–water partition coefficient (Wildman–Crippen LogP) is -0.260. The first-order chi connectivity index (χ1) is 9.15. The number of amidine groups is 1. The van der Waals surface area contributed by atoms with E-state index in [0.717, 1.165) is 32.4 Å². The van der Waals surface area contributed by atoms with E-state index < -0.39 is 0 Å². The molecule has 1 heterocycles. The Morgan fingerprint density at radius 3 is 2.79 bits per heavy atom. The van der Waals surface area contributed by atoms with Gasteiger partial charge in [-0.05, 0) is 19.3 Å². The van der Waals surface area contributed by atoms with E-state index in [1.54, 1.807) is 7.11 Å². The molecule has 19 heavy (non-hydrogen) atoms. The third-order valence-corrected chi connectivity index (χ3v) is 3.22. The summed E-state index contributed by atoms with van der Waals surface area (Å²) in [4.78, 5) is 13.8. The number of piperidine rings is 1. The summed E-state index contributed by atoms with van der Waals surface area (Å²) in [6.45, 7) is 2.79. The van der Waals surface area contributed by atoms with E-state index in [-0.39, 0.29) is 17.8 Å². The second-order valence-corrected chi connectivity index (χ2v) is 4.81. The zero-order valence-electron chi connectivity index (χ0n) is 11.5. The molecule has 4 N–H and O–H groups in total. The molecule has 0 aliphatic carbocycles. The van der Waals surface area contributed by atoms with Crippen molar-refractivity contribution in [1.29, 1.82) is 0 Å². The summed E-state index contributed by atoms with van der Waals surface area (Å²) >= 11 is 0. The lowest BCUT2D eigenvalue weighted by Gasteiger charge is -2.31. The van der Waals surface area contributed by atoms with Crippen molar-refractivity contribution in [2.24, 2.45) is 10.9 Å². The van der Waals surface area contributed by atoms with Gasteiger partial charge in [0.15, 0.2) is 5.84 Å². The Morgan fingerprint density at radius 2 is 2.21 bits per heavy atom. The third-order valence-electron chi connectivity index (χ3n) is 3.22. The molecule has 110 valence electrons. The largest absolute Gasteiger partial charge is 0.409 e. The highest BCUT2D eigenvalue weighted by Gasteiger charge is 2.20. The Bertz CT molecular complexity index is 301. The molecule has 7 nitrogen and oxygen atoms in total. The van der Waals surface area contributed by atoms with Crippen LogP contribution < -0.4 is 11.1 Å². The quantitative estimate of drug-likeness (QED) is 0.195. The van der Waals surface area contributed by atoms with Gasteiger partial charge < -0.3 is 21.0 Å². The maximum atomic E-state index is 11.6. The van der Waals surface area contributed by atoms with Gasteiger partial charge in [0.25, 0.3) is 0 Å². The number of ether oxygens (including phenoxy) is 1. The number of nitrogens with two attached hydrogens (primary N) is 1. The monoisotopic (exact) mass is 272 g/mol. The normalized spacial score (nSPS) is 18.5. The summed E-state index contributed by atoms with van der Waals surface area (Å²) in [5.41, 5.74) is 5.46. The predicted molar refractivity (Wildman–Crippen MR) is 72.1 cm³/mol. The average molecular weight is 272 g/mol. The molecule has 1 aliphatic rings. The molecule has 1 aliphatic heterocycles. The Labute approximate surface area is 113 Å². The zero-order chi connectivity index (χ0) is 14.1. The number of likely N-dealkylation sites (tertiary alicyclic amines) is 1. The van der Waals surface area contributed by atoms with E-state index in [1.165, 1.54) is 0 Å². The summed E-state index contributed by atoms with van der Waals surface area (Å²) in [5, 5.41) is 14.5. The minimum atomic E-state index is 0.0898. The van der Waals surface area contributed by atoms with Gasteiger partial charge in [-0.1, -0.05) is 5.16 Å². The van der Waals surface area contributed by atoms with Crippen LogP contribution in [-0.2, 0) is 9.53 Å². The van der Waals surface area contributed by atoms with Crippen molar-refractivity contribution in [1.82, 2.24) is 10.2 Å². The summed E-state index contributed by atoms with van der Waals surface area (Å²) in [6, 6.07) is 0.235. The van der Waals surface area contributed by atoms with Crippen LogP contribution >= 0.6 is 0 Å². The van der Waals surface area contributed by atoms with Gasteiger partial charge in [0.05, 0.1) is 6.54 Å². The second-order valence-electron chi connectivity index (χ2n) is 4.81. The van der Waals surface area contributed by atoms with Crippen LogP contribution in [0.1, 0.15) is 25.7 Å². The molecule has 0 aromatic carbocycles. The first kappa shape index (κ1) is 15.7. The highest BCUT2D eigenvalue weighted by molar-refractivity contribution is 5.81. The SMILES string of the molecule is COCCCC(=O)NC1CCN(CC(N)=NO)CC1. The van der Waals surface area contributed by atoms with Crippen LogP contribution in [0.3, 0.4) is 0 Å². The fourth-order valence-electron chi connectivity index (χ4n) is 2.17. The first-order valence-corrected chi connectivity index (χ1v) is 6.62. The molecule has 0 aromatic heterocycles. The molecule has 0 unspecified atom stereocenters. The van der Waals surface area contributed by atoms with Crippen molar-refractivity contribution < 1.29 is 14.7 Å². The van der Waals surface area contributed by atoms with Gasteiger partial charge >= 0.3 is 0 Å². The fourth-order valence-corrected chi connectivity index (χ4v) is 2.17. The van der Waals surface area contributed by atoms with Crippen LogP contribution in [0.2, 0.25) is 0 Å². The van der Waals surface area contributed by atoms with Gasteiger partial charge in [-0.25, -0.2) is 0 Å². The van der Waals surface area contributed by atoms with Crippen LogP contribution in [0.4, 0.5) is 0 Å². The molecule has 0 aromatic rings. The molecular weight excluding hydrogens is 248 g/mol. The molecule has 1 amide bonds. The molecule has 0 spiro atoms. The molecule has 0 bridgehead atoms. The van der Waals surface area contributed by atoms with Crippen LogP contribution in [0.5, 0.6) is 0 Å². The highest BCUT2D eigenvalue weighted by Crippen LogP contribution is 2.10. The number of hydrogen-bond acceptors (Lipinski definition) is 5. The topological polar surface area (TPSA) is 100 Å². The maximum absolute atomic E-state index is 11.6. The van der Waals surface area contributed by atoms with Crippen LogP contribution in [0, 0.1) is 0 Å². The van der Waals surface area contributed by atoms with E-state index in [2.05, 4.69) is 15.4 Å². The van der Waals surface area contributed by atoms with Gasteiger partial charge in [0.1, 0.15) is 0 Å². The summed E-state index contributed by atoms with van der Waals surface area (Å²) in [7, 11) is 1.63. The summed E-state index contributed by atoms with van der Waals surface area (Å²) < 4.78 is 4.91. The van der Waals surface area contributed by atoms with Crippen LogP contribution in [0.25, 0.3) is 0 Å². The molecule has 0 radical (unpaired) electrons. The van der Waals surface area contributed by atoms with Crippen molar-refractivity contribution >= 4 is 11.7 Å². The highest BCUT2D eigenvalue weighted by atomic mass is 16.5. The third kappa shape index (κ3) is 6.40. The lowest BCUT2D eigenvalue weighted by molar-refractivity contribution is -0.122. The number of nitrogens with zero attached hydrogens (tertiary/aromatic N) is 2. The lowest BCUT2D eigenvalue weighted by Crippen LogP contribution is -2.46. The molecule has 1 fully saturated rings. The number of nitrogens with one attached hydrogen (secondary N) is 1. The Kier molecular flexibility index (Phi) is 7.20. The number of oxime groups is 1. The van der Waals surface area contributed by atoms with Crippen LogP contribution in [-0.4, -0.2) is 61.2 Å². The number of rotatable bonds is 7. The Hall–Kier alpha value is -1.34. The minimum Gasteiger partial charge on any atom is -0.409 e. The summed E-state index contributed by atoms with van der Waals surface area (Å²) in [6.07, 6.45) is 3.06. The van der Waals surface area contributed by atoms with E-state index in [4.69, 9.17) is 15.7 Å². The van der Waals surface area contributed by atoms with Gasteiger partial charge in [0.2, 0.25) is 5.91 Å². The number of methoxy groups -OCH3 is 1. The summed E-state index contributed by atoms with van der Waals surface area (Å²) in [5.74, 6) is 0.314. The number of amides is 1. The molecule has 0 atom stereocenters. The number of carbonyl (C=O) groups excluding carboxylic acids is 1. The number of hydrogen-bond donors (Lipinski definition) is 3. The van der Waals surface area contributed by atoms with E-state index in [1.807, 2.05) is 0 Å². The van der Waals surface area contributed by atoms with Crippen molar-refractivity contribution in [3.8, 4) is 0 Å². The number of carbonyl (C=O) groups is 1. The maximum Gasteiger partial charge on any atom is 0.220 e. The lowest BCUT2D eigenvalue weighted by atomic mass is 10.0. The first-order valence-electron chi connectivity index (χ1n) is 6.62. The molecule has 0 saturated carbocycles. The van der Waals surface area contributed by atoms with Crippen molar-refractivity contribution in [2.75, 3.05) is 33.4 Å². The zero-order valence-corrected chi connectivity index (χ0v) is 11.5. The smallest absolute Gasteiger partial charge is 0.220 e. The van der Waals surface area contributed by atoms with Gasteiger partial charge in [-0.15, -0.1) is 0 Å². The standard InChI is InChI=1S/C12H24N4O3/c1-19-8-2-3-12(17)14-10-4-6-16(7-5-10)9-11(13)15-18/h10,18H,2-9H2,1H3,(H2,13,15)(H,14,17). The molecule has 1 rings (SSSR count). The molecular formula is C12H24N4O3. The van der Waals surface area contributed by atoms with Gasteiger partial charge in [-0.2, -0.15) is 0 Å².